The second-order valence-corrected chi connectivity index (χ2v) is 5.98. The van der Waals surface area contributed by atoms with Gasteiger partial charge in [0.25, 0.3) is 0 Å². The lowest BCUT2D eigenvalue weighted by Gasteiger charge is -2.24. The molecule has 1 amide bonds. The standard InChI is InChI=1S/C11H14N2O2S2/c1-3-15-10(12)9-6-8-11(17-9)16-5-4-13(8)7(2)14/h6,12H,3-5H2,1-2H3. The fourth-order valence-corrected chi connectivity index (χ4v) is 3.99. The van der Waals surface area contributed by atoms with Gasteiger partial charge >= 0.3 is 0 Å². The summed E-state index contributed by atoms with van der Waals surface area (Å²) in [5.41, 5.74) is 0.929. The Hall–Kier alpha value is -1.01. The molecular weight excluding hydrogens is 256 g/mol. The number of carbonyl (C=O) groups is 1. The Kier molecular flexibility index (Phi) is 3.73. The van der Waals surface area contributed by atoms with Crippen LogP contribution in [0.4, 0.5) is 5.69 Å². The SMILES string of the molecule is CCOC(=N)c1cc2c(s1)SCCN2C(C)=O. The quantitative estimate of drug-likeness (QED) is 0.664. The molecule has 0 bridgehead atoms. The molecule has 0 saturated carbocycles. The van der Waals surface area contributed by atoms with Crippen LogP contribution in [0.3, 0.4) is 0 Å². The summed E-state index contributed by atoms with van der Waals surface area (Å²) in [4.78, 5) is 14.1. The van der Waals surface area contributed by atoms with E-state index in [4.69, 9.17) is 10.1 Å². The van der Waals surface area contributed by atoms with Gasteiger partial charge in [0.05, 0.1) is 21.4 Å². The van der Waals surface area contributed by atoms with Crippen LogP contribution in [-0.2, 0) is 9.53 Å². The zero-order valence-corrected chi connectivity index (χ0v) is 11.4. The summed E-state index contributed by atoms with van der Waals surface area (Å²) >= 11 is 3.26. The third-order valence-electron chi connectivity index (χ3n) is 2.41. The summed E-state index contributed by atoms with van der Waals surface area (Å²) in [7, 11) is 0. The van der Waals surface area contributed by atoms with E-state index in [1.165, 1.54) is 11.3 Å². The molecule has 2 heterocycles. The number of hydrogen-bond acceptors (Lipinski definition) is 5. The number of hydrogen-bond donors (Lipinski definition) is 1. The fourth-order valence-electron chi connectivity index (χ4n) is 1.66. The zero-order valence-electron chi connectivity index (χ0n) is 9.78. The molecule has 0 aromatic carbocycles. The van der Waals surface area contributed by atoms with E-state index < -0.39 is 0 Å². The molecule has 1 aliphatic heterocycles. The lowest BCUT2D eigenvalue weighted by atomic mass is 10.3. The molecule has 1 aromatic rings. The summed E-state index contributed by atoms with van der Waals surface area (Å²) in [5, 5.41) is 7.76. The molecule has 17 heavy (non-hydrogen) atoms. The number of thiophene rings is 1. The number of nitrogens with one attached hydrogen (secondary N) is 1. The van der Waals surface area contributed by atoms with Crippen molar-refractivity contribution in [2.75, 3.05) is 23.8 Å². The molecule has 1 aliphatic rings. The molecule has 92 valence electrons. The van der Waals surface area contributed by atoms with Crippen molar-refractivity contribution in [1.82, 2.24) is 0 Å². The maximum absolute atomic E-state index is 11.5. The first-order valence-corrected chi connectivity index (χ1v) is 7.20. The van der Waals surface area contributed by atoms with E-state index >= 15 is 0 Å². The van der Waals surface area contributed by atoms with Crippen LogP contribution in [0.15, 0.2) is 10.3 Å². The van der Waals surface area contributed by atoms with Crippen molar-refractivity contribution in [2.45, 2.75) is 18.1 Å². The van der Waals surface area contributed by atoms with E-state index in [9.17, 15) is 4.79 Å². The topological polar surface area (TPSA) is 53.4 Å². The van der Waals surface area contributed by atoms with Crippen LogP contribution in [0, 0.1) is 5.41 Å². The molecule has 4 nitrogen and oxygen atoms in total. The lowest BCUT2D eigenvalue weighted by Crippen LogP contribution is -2.32. The minimum Gasteiger partial charge on any atom is -0.477 e. The van der Waals surface area contributed by atoms with Gasteiger partial charge in [0, 0.05) is 19.2 Å². The van der Waals surface area contributed by atoms with E-state index in [2.05, 4.69) is 0 Å². The number of nitrogens with zero attached hydrogens (tertiary/aromatic N) is 1. The summed E-state index contributed by atoms with van der Waals surface area (Å²) in [6.07, 6.45) is 0. The number of anilines is 1. The fraction of sp³-hybridized carbons (Fsp3) is 0.455. The smallest absolute Gasteiger partial charge is 0.223 e. The Labute approximate surface area is 108 Å². The first-order chi connectivity index (χ1) is 8.13. The summed E-state index contributed by atoms with van der Waals surface area (Å²) in [6, 6.07) is 1.88. The van der Waals surface area contributed by atoms with Gasteiger partial charge in [-0.1, -0.05) is 0 Å². The van der Waals surface area contributed by atoms with E-state index in [1.54, 1.807) is 23.6 Å². The molecule has 0 unspecified atom stereocenters. The van der Waals surface area contributed by atoms with Gasteiger partial charge in [-0.2, -0.15) is 0 Å². The van der Waals surface area contributed by atoms with Crippen molar-refractivity contribution in [1.29, 1.82) is 5.41 Å². The van der Waals surface area contributed by atoms with E-state index in [0.717, 1.165) is 27.1 Å². The normalized spacial score (nSPS) is 14.4. The van der Waals surface area contributed by atoms with Gasteiger partial charge < -0.3 is 9.64 Å². The molecule has 0 radical (unpaired) electrons. The van der Waals surface area contributed by atoms with Gasteiger partial charge in [0.2, 0.25) is 11.8 Å². The second kappa shape index (κ2) is 5.10. The molecular formula is C11H14N2O2S2. The van der Waals surface area contributed by atoms with Gasteiger partial charge in [-0.15, -0.1) is 23.1 Å². The van der Waals surface area contributed by atoms with Crippen molar-refractivity contribution < 1.29 is 9.53 Å². The summed E-state index contributed by atoms with van der Waals surface area (Å²) in [5.74, 6) is 1.16. The molecule has 0 spiro atoms. The first kappa shape index (κ1) is 12.4. The number of ether oxygens (including phenoxy) is 1. The molecule has 1 N–H and O–H groups in total. The Morgan fingerprint density at radius 3 is 3.06 bits per heavy atom. The maximum atomic E-state index is 11.5. The Morgan fingerprint density at radius 2 is 2.41 bits per heavy atom. The van der Waals surface area contributed by atoms with Crippen molar-refractivity contribution >= 4 is 40.6 Å². The predicted octanol–water partition coefficient (Wildman–Crippen LogP) is 2.57. The number of rotatable bonds is 2. The van der Waals surface area contributed by atoms with Crippen molar-refractivity contribution in [3.05, 3.63) is 10.9 Å². The van der Waals surface area contributed by atoms with Gasteiger partial charge in [0.15, 0.2) is 0 Å². The maximum Gasteiger partial charge on any atom is 0.223 e. The van der Waals surface area contributed by atoms with Crippen LogP contribution in [0.2, 0.25) is 0 Å². The van der Waals surface area contributed by atoms with Crippen LogP contribution < -0.4 is 4.90 Å². The van der Waals surface area contributed by atoms with Crippen molar-refractivity contribution in [3.8, 4) is 0 Å². The predicted molar refractivity (Wildman–Crippen MR) is 71.5 cm³/mol. The molecule has 0 aliphatic carbocycles. The molecule has 0 saturated heterocycles. The zero-order chi connectivity index (χ0) is 12.4. The van der Waals surface area contributed by atoms with Gasteiger partial charge in [-0.05, 0) is 13.0 Å². The summed E-state index contributed by atoms with van der Waals surface area (Å²) < 4.78 is 6.29. The van der Waals surface area contributed by atoms with Gasteiger partial charge in [0.1, 0.15) is 0 Å². The lowest BCUT2D eigenvalue weighted by molar-refractivity contribution is -0.116. The van der Waals surface area contributed by atoms with Crippen LogP contribution in [0.5, 0.6) is 0 Å². The first-order valence-electron chi connectivity index (χ1n) is 5.40. The Balaban J connectivity index is 2.30. The molecule has 0 atom stereocenters. The third kappa shape index (κ3) is 2.47. The van der Waals surface area contributed by atoms with E-state index in [1.807, 2.05) is 13.0 Å². The van der Waals surface area contributed by atoms with Gasteiger partial charge in [-0.25, -0.2) is 0 Å². The average Bonchev–Trinajstić information content (AvgIpc) is 2.72. The number of carbonyl (C=O) groups excluding carboxylic acids is 1. The monoisotopic (exact) mass is 270 g/mol. The Morgan fingerprint density at radius 1 is 1.65 bits per heavy atom. The van der Waals surface area contributed by atoms with Gasteiger partial charge in [-0.3, -0.25) is 10.2 Å². The Bertz CT molecular complexity index is 456. The second-order valence-electron chi connectivity index (χ2n) is 3.56. The highest BCUT2D eigenvalue weighted by Gasteiger charge is 2.24. The van der Waals surface area contributed by atoms with E-state index in [0.29, 0.717) is 6.61 Å². The van der Waals surface area contributed by atoms with Crippen molar-refractivity contribution in [3.63, 3.8) is 0 Å². The number of thioether (sulfide) groups is 1. The van der Waals surface area contributed by atoms with Crippen LogP contribution in [0.25, 0.3) is 0 Å². The molecule has 1 aromatic heterocycles. The van der Waals surface area contributed by atoms with Crippen LogP contribution >= 0.6 is 23.1 Å². The van der Waals surface area contributed by atoms with Crippen molar-refractivity contribution in [2.24, 2.45) is 0 Å². The highest BCUT2D eigenvalue weighted by molar-refractivity contribution is 8.01. The minimum absolute atomic E-state index is 0.0545. The highest BCUT2D eigenvalue weighted by Crippen LogP contribution is 2.41. The van der Waals surface area contributed by atoms with Crippen LogP contribution in [-0.4, -0.2) is 30.7 Å². The van der Waals surface area contributed by atoms with Crippen LogP contribution in [0.1, 0.15) is 18.7 Å². The molecule has 2 rings (SSSR count). The number of fused-ring (bicyclic) bond motifs is 1. The van der Waals surface area contributed by atoms with E-state index in [-0.39, 0.29) is 11.8 Å². The molecule has 0 fully saturated rings. The third-order valence-corrected chi connectivity index (χ3v) is 4.79. The summed E-state index contributed by atoms with van der Waals surface area (Å²) in [6.45, 7) is 4.67. The largest absolute Gasteiger partial charge is 0.477 e. The highest BCUT2D eigenvalue weighted by atomic mass is 32.2. The average molecular weight is 270 g/mol. The number of amides is 1. The minimum atomic E-state index is 0.0545. The molecule has 6 heteroatoms.